The van der Waals surface area contributed by atoms with Gasteiger partial charge < -0.3 is 15.3 Å². The van der Waals surface area contributed by atoms with Gasteiger partial charge in [-0.25, -0.2) is 0 Å². The van der Waals surface area contributed by atoms with Crippen LogP contribution in [0.25, 0.3) is 0 Å². The third-order valence-corrected chi connectivity index (χ3v) is 1.66. The highest BCUT2D eigenvalue weighted by atomic mass is 16.3. The van der Waals surface area contributed by atoms with Gasteiger partial charge in [0.2, 0.25) is 0 Å². The first-order chi connectivity index (χ1) is 5.57. The molecular weight excluding hydrogens is 172 g/mol. The smallest absolute Gasteiger partial charge is 0.157 e. The third kappa shape index (κ3) is 1.72. The van der Waals surface area contributed by atoms with E-state index in [0.717, 1.165) is 6.07 Å². The number of aromatic hydroxyl groups is 3. The van der Waals surface area contributed by atoms with Crippen LogP contribution in [-0.2, 0) is 0 Å². The summed E-state index contributed by atoms with van der Waals surface area (Å²) in [5, 5.41) is 27.3. The van der Waals surface area contributed by atoms with Crippen LogP contribution in [0.15, 0.2) is 6.07 Å². The van der Waals surface area contributed by atoms with Crippen molar-refractivity contribution in [2.75, 3.05) is 0 Å². The Kier molecular flexibility index (Phi) is 3.30. The molecule has 0 saturated heterocycles. The lowest BCUT2D eigenvalue weighted by molar-refractivity contribution is 0.111. The van der Waals surface area contributed by atoms with Crippen molar-refractivity contribution in [1.82, 2.24) is 0 Å². The maximum atomic E-state index is 10.3. The van der Waals surface area contributed by atoms with Gasteiger partial charge in [0.15, 0.2) is 6.29 Å². The zero-order chi connectivity index (χ0) is 9.30. The van der Waals surface area contributed by atoms with Crippen molar-refractivity contribution in [2.45, 2.75) is 14.4 Å². The lowest BCUT2D eigenvalue weighted by atomic mass is 10.1. The van der Waals surface area contributed by atoms with Gasteiger partial charge in [0.1, 0.15) is 17.2 Å². The van der Waals surface area contributed by atoms with E-state index in [1.807, 2.05) is 0 Å². The monoisotopic (exact) mass is 184 g/mol. The number of aldehydes is 1. The molecule has 72 valence electrons. The minimum Gasteiger partial charge on any atom is -0.507 e. The molecule has 0 unspecified atom stereocenters. The summed E-state index contributed by atoms with van der Waals surface area (Å²) in [6, 6.07) is 1.01. The Balaban J connectivity index is 0.00000144. The molecule has 0 heterocycles. The number of phenolic OH excluding ortho intramolecular Hbond substituents is 3. The van der Waals surface area contributed by atoms with E-state index in [2.05, 4.69) is 0 Å². The van der Waals surface area contributed by atoms with E-state index in [1.54, 1.807) is 0 Å². The van der Waals surface area contributed by atoms with Crippen LogP contribution in [-0.4, -0.2) is 21.6 Å². The fourth-order valence-corrected chi connectivity index (χ4v) is 0.876. The van der Waals surface area contributed by atoms with Crippen molar-refractivity contribution in [1.29, 1.82) is 0 Å². The Hall–Kier alpha value is -1.71. The van der Waals surface area contributed by atoms with Crippen LogP contribution < -0.4 is 0 Å². The SMILES string of the molecule is C.Cc1c(O)cc(O)c(C=O)c1O. The quantitative estimate of drug-likeness (QED) is 0.579. The predicted molar refractivity (Wildman–Crippen MR) is 48.3 cm³/mol. The lowest BCUT2D eigenvalue weighted by Crippen LogP contribution is -1.86. The molecule has 1 rings (SSSR count). The Bertz CT molecular complexity index is 331. The summed E-state index contributed by atoms with van der Waals surface area (Å²) in [7, 11) is 0. The Labute approximate surface area is 76.1 Å². The Morgan fingerprint density at radius 2 is 1.77 bits per heavy atom. The normalized spacial score (nSPS) is 9.00. The average molecular weight is 184 g/mol. The molecule has 0 spiro atoms. The van der Waals surface area contributed by atoms with Crippen molar-refractivity contribution >= 4 is 6.29 Å². The zero-order valence-corrected chi connectivity index (χ0v) is 6.40. The highest BCUT2D eigenvalue weighted by molar-refractivity contribution is 5.85. The molecule has 4 heteroatoms. The van der Waals surface area contributed by atoms with Gasteiger partial charge in [0.05, 0.1) is 5.56 Å². The van der Waals surface area contributed by atoms with E-state index in [-0.39, 0.29) is 30.1 Å². The van der Waals surface area contributed by atoms with E-state index >= 15 is 0 Å². The maximum Gasteiger partial charge on any atom is 0.157 e. The van der Waals surface area contributed by atoms with Gasteiger partial charge in [-0.15, -0.1) is 0 Å². The van der Waals surface area contributed by atoms with Crippen molar-refractivity contribution in [3.05, 3.63) is 17.2 Å². The number of hydrogen-bond acceptors (Lipinski definition) is 4. The second-order valence-corrected chi connectivity index (χ2v) is 2.42. The molecule has 4 nitrogen and oxygen atoms in total. The molecule has 0 aromatic heterocycles. The summed E-state index contributed by atoms with van der Waals surface area (Å²) >= 11 is 0. The van der Waals surface area contributed by atoms with E-state index in [1.165, 1.54) is 6.92 Å². The molecular formula is C9H12O4. The molecule has 13 heavy (non-hydrogen) atoms. The lowest BCUT2D eigenvalue weighted by Gasteiger charge is -2.05. The maximum absolute atomic E-state index is 10.3. The summed E-state index contributed by atoms with van der Waals surface area (Å²) in [5.41, 5.74) is -0.0276. The van der Waals surface area contributed by atoms with Crippen molar-refractivity contribution < 1.29 is 20.1 Å². The van der Waals surface area contributed by atoms with Gasteiger partial charge in [-0.2, -0.15) is 0 Å². The molecule has 1 aromatic rings. The summed E-state index contributed by atoms with van der Waals surface area (Å²) in [5.74, 6) is -1.05. The highest BCUT2D eigenvalue weighted by Crippen LogP contribution is 2.35. The fraction of sp³-hybridized carbons (Fsp3) is 0.222. The number of rotatable bonds is 1. The van der Waals surface area contributed by atoms with Gasteiger partial charge in [-0.1, -0.05) is 7.43 Å². The predicted octanol–water partition coefficient (Wildman–Crippen LogP) is 1.56. The van der Waals surface area contributed by atoms with E-state index in [9.17, 15) is 9.90 Å². The van der Waals surface area contributed by atoms with E-state index in [0.29, 0.717) is 6.29 Å². The van der Waals surface area contributed by atoms with Crippen LogP contribution in [0, 0.1) is 6.92 Å². The molecule has 0 saturated carbocycles. The van der Waals surface area contributed by atoms with Gasteiger partial charge >= 0.3 is 0 Å². The molecule has 0 radical (unpaired) electrons. The van der Waals surface area contributed by atoms with Crippen LogP contribution in [0.2, 0.25) is 0 Å². The van der Waals surface area contributed by atoms with Crippen LogP contribution in [0.3, 0.4) is 0 Å². The fourth-order valence-electron chi connectivity index (χ4n) is 0.876. The summed E-state index contributed by atoms with van der Waals surface area (Å²) in [4.78, 5) is 10.3. The topological polar surface area (TPSA) is 77.8 Å². The molecule has 0 atom stereocenters. The van der Waals surface area contributed by atoms with Crippen LogP contribution in [0.4, 0.5) is 0 Å². The van der Waals surface area contributed by atoms with Crippen LogP contribution in [0.5, 0.6) is 17.2 Å². The second kappa shape index (κ2) is 3.80. The minimum atomic E-state index is -0.425. The van der Waals surface area contributed by atoms with Crippen molar-refractivity contribution in [2.24, 2.45) is 0 Å². The number of carbonyl (C=O) groups is 1. The largest absolute Gasteiger partial charge is 0.507 e. The van der Waals surface area contributed by atoms with E-state index in [4.69, 9.17) is 10.2 Å². The first-order valence-electron chi connectivity index (χ1n) is 3.27. The van der Waals surface area contributed by atoms with Crippen LogP contribution in [0.1, 0.15) is 23.3 Å². The molecule has 0 amide bonds. The second-order valence-electron chi connectivity index (χ2n) is 2.42. The van der Waals surface area contributed by atoms with Crippen LogP contribution >= 0.6 is 0 Å². The summed E-state index contributed by atoms with van der Waals surface area (Å²) < 4.78 is 0. The zero-order valence-electron chi connectivity index (χ0n) is 6.40. The first kappa shape index (κ1) is 11.3. The summed E-state index contributed by atoms with van der Waals surface area (Å²) in [6.07, 6.45) is 0.330. The van der Waals surface area contributed by atoms with Gasteiger partial charge in [0, 0.05) is 11.6 Å². The molecule has 3 N–H and O–H groups in total. The Morgan fingerprint density at radius 1 is 1.23 bits per heavy atom. The van der Waals surface area contributed by atoms with E-state index < -0.39 is 5.75 Å². The standard InChI is InChI=1S/C8H8O4.CH4/c1-4-6(10)2-7(11)5(3-9)8(4)12;/h2-3,10-12H,1H3;1H4. The number of benzene rings is 1. The molecule has 0 fully saturated rings. The molecule has 0 bridgehead atoms. The highest BCUT2D eigenvalue weighted by Gasteiger charge is 2.12. The average Bonchev–Trinajstić information content (AvgIpc) is 2.01. The Morgan fingerprint density at radius 3 is 2.23 bits per heavy atom. The third-order valence-electron chi connectivity index (χ3n) is 1.66. The number of phenols is 3. The minimum absolute atomic E-state index is 0. The number of hydrogen-bond donors (Lipinski definition) is 3. The molecule has 0 aliphatic rings. The van der Waals surface area contributed by atoms with Gasteiger partial charge in [-0.05, 0) is 6.92 Å². The molecule has 1 aromatic carbocycles. The molecule has 0 aliphatic heterocycles. The first-order valence-corrected chi connectivity index (χ1v) is 3.27. The van der Waals surface area contributed by atoms with Gasteiger partial charge in [-0.3, -0.25) is 4.79 Å². The summed E-state index contributed by atoms with van der Waals surface area (Å²) in [6.45, 7) is 1.44. The van der Waals surface area contributed by atoms with Crippen molar-refractivity contribution in [3.63, 3.8) is 0 Å². The van der Waals surface area contributed by atoms with Gasteiger partial charge in [0.25, 0.3) is 0 Å². The molecule has 0 aliphatic carbocycles. The van der Waals surface area contributed by atoms with Crippen molar-refractivity contribution in [3.8, 4) is 17.2 Å². The number of carbonyl (C=O) groups excluding carboxylic acids is 1.